The lowest BCUT2D eigenvalue weighted by molar-refractivity contribution is -0.119. The lowest BCUT2D eigenvalue weighted by Gasteiger charge is -2.23. The molecule has 0 saturated carbocycles. The molecule has 1 N–H and O–H groups in total. The number of para-hydroxylation sites is 1. The number of halogens is 1. The third kappa shape index (κ3) is 3.62. The molecule has 1 atom stereocenters. The molecule has 1 fully saturated rings. The molecule has 2 aromatic carbocycles. The van der Waals surface area contributed by atoms with Gasteiger partial charge in [-0.3, -0.25) is 9.59 Å². The number of carbonyl (C=O) groups excluding carboxylic acids is 2. The smallest absolute Gasteiger partial charge is 0.254 e. The van der Waals surface area contributed by atoms with Crippen molar-refractivity contribution in [1.82, 2.24) is 9.88 Å². The summed E-state index contributed by atoms with van der Waals surface area (Å²) in [5.41, 5.74) is 1.30. The third-order valence-electron chi connectivity index (χ3n) is 4.74. The number of nitrogens with one attached hydrogen (secondary N) is 1. The Kier molecular flexibility index (Phi) is 5.32. The zero-order valence-corrected chi connectivity index (χ0v) is 17.5. The van der Waals surface area contributed by atoms with Crippen molar-refractivity contribution in [3.05, 3.63) is 52.5 Å². The van der Waals surface area contributed by atoms with E-state index in [2.05, 4.69) is 26.2 Å². The normalized spacial score (nSPS) is 16.4. The average molecular weight is 460 g/mol. The van der Waals surface area contributed by atoms with Crippen LogP contribution in [0.4, 0.5) is 5.13 Å². The maximum absolute atomic E-state index is 12.9. The highest BCUT2D eigenvalue weighted by Gasteiger charge is 2.35. The molecule has 0 radical (unpaired) electrons. The van der Waals surface area contributed by atoms with E-state index in [0.717, 1.165) is 21.1 Å². The molecule has 1 aliphatic rings. The summed E-state index contributed by atoms with van der Waals surface area (Å²) in [6.45, 7) is 0.570. The number of fused-ring (bicyclic) bond motifs is 1. The van der Waals surface area contributed by atoms with Gasteiger partial charge in [0.25, 0.3) is 5.91 Å². The predicted octanol–water partition coefficient (Wildman–Crippen LogP) is 4.31. The first kappa shape index (κ1) is 18.9. The number of anilines is 1. The first-order valence-electron chi connectivity index (χ1n) is 8.88. The minimum atomic E-state index is -0.495. The molecule has 0 spiro atoms. The summed E-state index contributed by atoms with van der Waals surface area (Å²) in [5, 5.41) is 3.39. The number of amides is 2. The van der Waals surface area contributed by atoms with Crippen molar-refractivity contribution in [3.63, 3.8) is 0 Å². The fourth-order valence-electron chi connectivity index (χ4n) is 3.37. The van der Waals surface area contributed by atoms with Gasteiger partial charge in [0.2, 0.25) is 5.91 Å². The quantitative estimate of drug-likeness (QED) is 0.630. The highest BCUT2D eigenvalue weighted by Crippen LogP contribution is 2.32. The van der Waals surface area contributed by atoms with Crippen molar-refractivity contribution in [3.8, 4) is 5.75 Å². The number of aromatic nitrogens is 1. The van der Waals surface area contributed by atoms with Crippen LogP contribution >= 0.6 is 27.3 Å². The van der Waals surface area contributed by atoms with Gasteiger partial charge in [-0.2, -0.15) is 0 Å². The lowest BCUT2D eigenvalue weighted by Crippen LogP contribution is -2.43. The number of ether oxygens (including phenoxy) is 1. The predicted molar refractivity (Wildman–Crippen MR) is 113 cm³/mol. The molecule has 1 aliphatic heterocycles. The van der Waals surface area contributed by atoms with Crippen molar-refractivity contribution in [2.45, 2.75) is 18.9 Å². The van der Waals surface area contributed by atoms with E-state index in [1.165, 1.54) is 11.3 Å². The number of carbonyl (C=O) groups is 2. The molecule has 4 rings (SSSR count). The van der Waals surface area contributed by atoms with E-state index in [4.69, 9.17) is 4.74 Å². The zero-order chi connectivity index (χ0) is 19.7. The van der Waals surface area contributed by atoms with E-state index >= 15 is 0 Å². The Balaban J connectivity index is 1.52. The monoisotopic (exact) mass is 459 g/mol. The molecule has 28 heavy (non-hydrogen) atoms. The van der Waals surface area contributed by atoms with Crippen molar-refractivity contribution in [2.75, 3.05) is 19.0 Å². The minimum absolute atomic E-state index is 0.129. The Hall–Kier alpha value is -2.45. The molecular weight excluding hydrogens is 442 g/mol. The molecule has 6 nitrogen and oxygen atoms in total. The van der Waals surface area contributed by atoms with Gasteiger partial charge in [-0.25, -0.2) is 4.98 Å². The van der Waals surface area contributed by atoms with Gasteiger partial charge < -0.3 is 15.0 Å². The summed E-state index contributed by atoms with van der Waals surface area (Å²) in [6, 6.07) is 12.3. The van der Waals surface area contributed by atoms with E-state index < -0.39 is 6.04 Å². The van der Waals surface area contributed by atoms with Crippen molar-refractivity contribution in [1.29, 1.82) is 0 Å². The summed E-state index contributed by atoms with van der Waals surface area (Å²) < 4.78 is 7.17. The van der Waals surface area contributed by atoms with Gasteiger partial charge in [0.15, 0.2) is 5.13 Å². The molecule has 1 saturated heterocycles. The summed E-state index contributed by atoms with van der Waals surface area (Å²) in [7, 11) is 1.59. The molecule has 144 valence electrons. The maximum Gasteiger partial charge on any atom is 0.254 e. The average Bonchev–Trinajstić information content (AvgIpc) is 3.34. The number of thiazole rings is 1. The van der Waals surface area contributed by atoms with Gasteiger partial charge in [-0.05, 0) is 49.2 Å². The van der Waals surface area contributed by atoms with Crippen molar-refractivity contribution >= 4 is 54.4 Å². The Morgan fingerprint density at radius 2 is 2.04 bits per heavy atom. The Morgan fingerprint density at radius 1 is 1.25 bits per heavy atom. The van der Waals surface area contributed by atoms with Crippen LogP contribution in [-0.2, 0) is 4.79 Å². The lowest BCUT2D eigenvalue weighted by atomic mass is 10.1. The molecule has 0 bridgehead atoms. The van der Waals surface area contributed by atoms with Crippen LogP contribution in [0.2, 0.25) is 0 Å². The van der Waals surface area contributed by atoms with Crippen LogP contribution in [0.25, 0.3) is 10.2 Å². The SMILES string of the molecule is COc1cccc2sc(NC(=O)C3CCCN3C(=O)c3ccc(Br)cc3)nc12. The molecule has 1 aromatic heterocycles. The largest absolute Gasteiger partial charge is 0.494 e. The van der Waals surface area contributed by atoms with Gasteiger partial charge >= 0.3 is 0 Å². The number of hydrogen-bond acceptors (Lipinski definition) is 5. The number of rotatable bonds is 4. The first-order valence-corrected chi connectivity index (χ1v) is 10.5. The van der Waals surface area contributed by atoms with Crippen molar-refractivity contribution in [2.24, 2.45) is 0 Å². The second-order valence-electron chi connectivity index (χ2n) is 6.48. The highest BCUT2D eigenvalue weighted by molar-refractivity contribution is 9.10. The molecule has 2 heterocycles. The van der Waals surface area contributed by atoms with Gasteiger partial charge in [-0.1, -0.05) is 33.3 Å². The summed E-state index contributed by atoms with van der Waals surface area (Å²) in [4.78, 5) is 31.9. The fourth-order valence-corrected chi connectivity index (χ4v) is 4.52. The molecule has 0 aliphatic carbocycles. The fraction of sp³-hybridized carbons (Fsp3) is 0.250. The first-order chi connectivity index (χ1) is 13.6. The zero-order valence-electron chi connectivity index (χ0n) is 15.1. The maximum atomic E-state index is 12.9. The second kappa shape index (κ2) is 7.89. The molecule has 2 amide bonds. The van der Waals surface area contributed by atoms with E-state index in [9.17, 15) is 9.59 Å². The van der Waals surface area contributed by atoms with Gasteiger partial charge in [0, 0.05) is 16.6 Å². The molecule has 3 aromatic rings. The number of benzene rings is 2. The van der Waals surface area contributed by atoms with Crippen molar-refractivity contribution < 1.29 is 14.3 Å². The van der Waals surface area contributed by atoms with Crippen LogP contribution in [0.1, 0.15) is 23.2 Å². The van der Waals surface area contributed by atoms with E-state index in [-0.39, 0.29) is 11.8 Å². The topological polar surface area (TPSA) is 71.5 Å². The Labute approximate surface area is 174 Å². The van der Waals surface area contributed by atoms with Crippen LogP contribution in [0.3, 0.4) is 0 Å². The third-order valence-corrected chi connectivity index (χ3v) is 6.20. The van der Waals surface area contributed by atoms with Crippen LogP contribution in [0, 0.1) is 0 Å². The minimum Gasteiger partial charge on any atom is -0.494 e. The van der Waals surface area contributed by atoms with Gasteiger partial charge in [0.1, 0.15) is 17.3 Å². The number of likely N-dealkylation sites (tertiary alicyclic amines) is 1. The summed E-state index contributed by atoms with van der Waals surface area (Å²) in [5.74, 6) is 0.333. The van der Waals surface area contributed by atoms with E-state index in [0.29, 0.717) is 29.4 Å². The highest BCUT2D eigenvalue weighted by atomic mass is 79.9. The van der Waals surface area contributed by atoms with Crippen LogP contribution < -0.4 is 10.1 Å². The molecular formula is C20H18BrN3O3S. The standard InChI is InChI=1S/C20H18BrN3O3S/c1-27-15-5-2-6-16-17(15)22-20(28-16)23-18(25)14-4-3-11-24(14)19(26)12-7-9-13(21)10-8-12/h2,5-10,14H,3-4,11H2,1H3,(H,22,23,25). The van der Waals surface area contributed by atoms with Gasteiger partial charge in [-0.15, -0.1) is 0 Å². The number of methoxy groups -OCH3 is 1. The van der Waals surface area contributed by atoms with E-state index in [1.807, 2.05) is 30.3 Å². The molecule has 8 heteroatoms. The Morgan fingerprint density at radius 3 is 2.79 bits per heavy atom. The number of nitrogens with zero attached hydrogens (tertiary/aromatic N) is 2. The van der Waals surface area contributed by atoms with Crippen LogP contribution in [0.5, 0.6) is 5.75 Å². The second-order valence-corrected chi connectivity index (χ2v) is 8.43. The number of hydrogen-bond donors (Lipinski definition) is 1. The summed E-state index contributed by atoms with van der Waals surface area (Å²) in [6.07, 6.45) is 1.44. The Bertz CT molecular complexity index is 1030. The van der Waals surface area contributed by atoms with Crippen LogP contribution in [0.15, 0.2) is 46.9 Å². The summed E-state index contributed by atoms with van der Waals surface area (Å²) >= 11 is 4.76. The van der Waals surface area contributed by atoms with Gasteiger partial charge in [0.05, 0.1) is 11.8 Å². The van der Waals surface area contributed by atoms with E-state index in [1.54, 1.807) is 24.1 Å². The molecule has 1 unspecified atom stereocenters. The van der Waals surface area contributed by atoms with Crippen LogP contribution in [-0.4, -0.2) is 41.4 Å².